The quantitative estimate of drug-likeness (QED) is 0.563. The number of hydrogen-bond donors (Lipinski definition) is 0. The van der Waals surface area contributed by atoms with Crippen LogP contribution in [-0.4, -0.2) is 25.3 Å². The van der Waals surface area contributed by atoms with Gasteiger partial charge in [-0.1, -0.05) is 12.1 Å². The molecule has 2 nitrogen and oxygen atoms in total. The molecule has 0 atom stereocenters. The Kier molecular flexibility index (Phi) is 3.55. The fourth-order valence-electron chi connectivity index (χ4n) is 1.17. The molecule has 15 heavy (non-hydrogen) atoms. The summed E-state index contributed by atoms with van der Waals surface area (Å²) in [6.45, 7) is 0. The maximum atomic E-state index is 13.3. The Hall–Kier alpha value is -1.71. The summed E-state index contributed by atoms with van der Waals surface area (Å²) in [5.74, 6) is -1.96. The molecule has 0 saturated carbocycles. The summed E-state index contributed by atoms with van der Waals surface area (Å²) in [5, 5.41) is 0. The fourth-order valence-corrected chi connectivity index (χ4v) is 1.17. The van der Waals surface area contributed by atoms with E-state index in [0.717, 1.165) is 6.07 Å². The van der Waals surface area contributed by atoms with Crippen LogP contribution in [0, 0.1) is 11.6 Å². The molecule has 0 spiro atoms. The van der Waals surface area contributed by atoms with Crippen LogP contribution in [0.25, 0.3) is 5.57 Å². The molecule has 0 aliphatic rings. The molecule has 80 valence electrons. The van der Waals surface area contributed by atoms with Crippen LogP contribution in [0.2, 0.25) is 0 Å². The van der Waals surface area contributed by atoms with E-state index >= 15 is 0 Å². The Labute approximate surface area is 86.8 Å². The molecule has 0 aromatic heterocycles. The zero-order valence-electron chi connectivity index (χ0n) is 8.50. The maximum Gasteiger partial charge on any atom is 0.166 e. The Morgan fingerprint density at radius 2 is 2.00 bits per heavy atom. The molecule has 0 unspecified atom stereocenters. The smallest absolute Gasteiger partial charge is 0.166 e. The van der Waals surface area contributed by atoms with E-state index in [-0.39, 0.29) is 11.1 Å². The molecule has 0 bridgehead atoms. The Morgan fingerprint density at radius 1 is 1.33 bits per heavy atom. The van der Waals surface area contributed by atoms with Gasteiger partial charge in [0.1, 0.15) is 0 Å². The Morgan fingerprint density at radius 3 is 2.53 bits per heavy atom. The molecular formula is C11H11F2NO. The highest BCUT2D eigenvalue weighted by Crippen LogP contribution is 2.18. The van der Waals surface area contributed by atoms with Gasteiger partial charge < -0.3 is 4.90 Å². The van der Waals surface area contributed by atoms with E-state index in [9.17, 15) is 13.6 Å². The minimum absolute atomic E-state index is 0.0290. The Bertz CT molecular complexity index is 400. The summed E-state index contributed by atoms with van der Waals surface area (Å²) in [6.07, 6.45) is 1.93. The molecular weight excluding hydrogens is 200 g/mol. The highest BCUT2D eigenvalue weighted by atomic mass is 19.2. The third-order valence-corrected chi connectivity index (χ3v) is 1.79. The molecule has 4 heteroatoms. The van der Waals surface area contributed by atoms with Crippen molar-refractivity contribution in [1.82, 2.24) is 4.90 Å². The van der Waals surface area contributed by atoms with E-state index in [4.69, 9.17) is 0 Å². The van der Waals surface area contributed by atoms with Gasteiger partial charge in [0.2, 0.25) is 0 Å². The lowest BCUT2D eigenvalue weighted by Gasteiger charge is -2.08. The van der Waals surface area contributed by atoms with E-state index in [1.807, 2.05) is 0 Å². The SMILES string of the molecule is CN(C)/C=C(\C=O)c1cccc(F)c1F. The number of rotatable bonds is 3. The van der Waals surface area contributed by atoms with Gasteiger partial charge in [-0.2, -0.15) is 0 Å². The topological polar surface area (TPSA) is 20.3 Å². The van der Waals surface area contributed by atoms with Gasteiger partial charge in [-0.05, 0) is 6.07 Å². The van der Waals surface area contributed by atoms with Gasteiger partial charge in [-0.15, -0.1) is 0 Å². The van der Waals surface area contributed by atoms with Crippen molar-refractivity contribution in [2.45, 2.75) is 0 Å². The first-order chi connectivity index (χ1) is 7.06. The van der Waals surface area contributed by atoms with Crippen LogP contribution in [0.1, 0.15) is 5.56 Å². The van der Waals surface area contributed by atoms with Crippen LogP contribution in [-0.2, 0) is 4.79 Å². The number of benzene rings is 1. The maximum absolute atomic E-state index is 13.3. The lowest BCUT2D eigenvalue weighted by Crippen LogP contribution is -2.04. The predicted molar refractivity (Wildman–Crippen MR) is 54.1 cm³/mol. The van der Waals surface area contributed by atoms with Crippen molar-refractivity contribution in [3.8, 4) is 0 Å². The minimum Gasteiger partial charge on any atom is -0.383 e. The summed E-state index contributed by atoms with van der Waals surface area (Å²) in [5.41, 5.74) is 0.0794. The van der Waals surface area contributed by atoms with E-state index < -0.39 is 11.6 Å². The van der Waals surface area contributed by atoms with E-state index in [2.05, 4.69) is 0 Å². The lowest BCUT2D eigenvalue weighted by atomic mass is 10.1. The second-order valence-electron chi connectivity index (χ2n) is 3.27. The third-order valence-electron chi connectivity index (χ3n) is 1.79. The van der Waals surface area contributed by atoms with Crippen LogP contribution in [0.15, 0.2) is 24.4 Å². The summed E-state index contributed by atoms with van der Waals surface area (Å²) in [4.78, 5) is 12.3. The van der Waals surface area contributed by atoms with Crippen LogP contribution in [0.3, 0.4) is 0 Å². The van der Waals surface area contributed by atoms with E-state index in [1.165, 1.54) is 18.3 Å². The van der Waals surface area contributed by atoms with E-state index in [1.54, 1.807) is 19.0 Å². The van der Waals surface area contributed by atoms with Crippen molar-refractivity contribution < 1.29 is 13.6 Å². The number of carbonyl (C=O) groups excluding carboxylic acids is 1. The fraction of sp³-hybridized carbons (Fsp3) is 0.182. The van der Waals surface area contributed by atoms with Gasteiger partial charge in [-0.25, -0.2) is 8.78 Å². The molecule has 0 radical (unpaired) electrons. The molecule has 1 aromatic rings. The van der Waals surface area contributed by atoms with Gasteiger partial charge in [-0.3, -0.25) is 4.79 Å². The first-order valence-corrected chi connectivity index (χ1v) is 4.34. The number of carbonyl (C=O) groups is 1. The number of halogens is 2. The molecule has 1 aromatic carbocycles. The summed E-state index contributed by atoms with van der Waals surface area (Å²) < 4.78 is 26.2. The van der Waals surface area contributed by atoms with Crippen LogP contribution < -0.4 is 0 Å². The zero-order valence-corrected chi connectivity index (χ0v) is 8.50. The van der Waals surface area contributed by atoms with Crippen molar-refractivity contribution in [3.63, 3.8) is 0 Å². The highest BCUT2D eigenvalue weighted by molar-refractivity contribution is 6.06. The minimum atomic E-state index is -1.00. The number of nitrogens with zero attached hydrogens (tertiary/aromatic N) is 1. The summed E-state index contributed by atoms with van der Waals surface area (Å²) in [6, 6.07) is 3.74. The van der Waals surface area contributed by atoms with Crippen LogP contribution in [0.4, 0.5) is 8.78 Å². The third kappa shape index (κ3) is 2.62. The van der Waals surface area contributed by atoms with Gasteiger partial charge in [0, 0.05) is 31.4 Å². The first-order valence-electron chi connectivity index (χ1n) is 4.34. The highest BCUT2D eigenvalue weighted by Gasteiger charge is 2.11. The molecule has 0 heterocycles. The second-order valence-corrected chi connectivity index (χ2v) is 3.27. The summed E-state index contributed by atoms with van der Waals surface area (Å²) >= 11 is 0. The summed E-state index contributed by atoms with van der Waals surface area (Å²) in [7, 11) is 3.39. The molecule has 0 amide bonds. The molecule has 0 saturated heterocycles. The molecule has 0 fully saturated rings. The zero-order chi connectivity index (χ0) is 11.4. The van der Waals surface area contributed by atoms with Crippen molar-refractivity contribution in [2.24, 2.45) is 0 Å². The Balaban J connectivity index is 3.25. The van der Waals surface area contributed by atoms with Gasteiger partial charge >= 0.3 is 0 Å². The van der Waals surface area contributed by atoms with Gasteiger partial charge in [0.05, 0.1) is 0 Å². The largest absolute Gasteiger partial charge is 0.383 e. The molecule has 1 rings (SSSR count). The monoisotopic (exact) mass is 211 g/mol. The van der Waals surface area contributed by atoms with Gasteiger partial charge in [0.15, 0.2) is 17.9 Å². The number of allylic oxidation sites excluding steroid dienone is 1. The molecule has 0 aliphatic carbocycles. The van der Waals surface area contributed by atoms with Crippen LogP contribution >= 0.6 is 0 Å². The van der Waals surface area contributed by atoms with Crippen LogP contribution in [0.5, 0.6) is 0 Å². The average Bonchev–Trinajstić information content (AvgIpc) is 2.19. The molecule has 0 aliphatic heterocycles. The van der Waals surface area contributed by atoms with E-state index in [0.29, 0.717) is 6.29 Å². The number of aldehydes is 1. The normalized spacial score (nSPS) is 11.3. The van der Waals surface area contributed by atoms with Crippen molar-refractivity contribution in [2.75, 3.05) is 14.1 Å². The van der Waals surface area contributed by atoms with Crippen molar-refractivity contribution in [3.05, 3.63) is 41.6 Å². The number of hydrogen-bond acceptors (Lipinski definition) is 2. The first kappa shape index (κ1) is 11.4. The van der Waals surface area contributed by atoms with Gasteiger partial charge in [0.25, 0.3) is 0 Å². The lowest BCUT2D eigenvalue weighted by molar-refractivity contribution is -0.103. The molecule has 0 N–H and O–H groups in total. The predicted octanol–water partition coefficient (Wildman–Crippen LogP) is 2.07. The van der Waals surface area contributed by atoms with Crippen molar-refractivity contribution >= 4 is 11.9 Å². The standard InChI is InChI=1S/C11H11F2NO/c1-14(2)6-8(7-15)9-4-3-5-10(12)11(9)13/h3-7H,1-2H3/b8-6+. The second kappa shape index (κ2) is 4.68. The van der Waals surface area contributed by atoms with Crippen molar-refractivity contribution in [1.29, 1.82) is 0 Å². The average molecular weight is 211 g/mol.